The van der Waals surface area contributed by atoms with Crippen molar-refractivity contribution in [1.82, 2.24) is 4.37 Å². The summed E-state index contributed by atoms with van der Waals surface area (Å²) < 4.78 is 63.7. The largest absolute Gasteiger partial charge is 0.459 e. The van der Waals surface area contributed by atoms with Crippen LogP contribution >= 0.6 is 11.5 Å². The second-order valence-electron chi connectivity index (χ2n) is 2.40. The van der Waals surface area contributed by atoms with E-state index in [2.05, 4.69) is 4.37 Å². The summed E-state index contributed by atoms with van der Waals surface area (Å²) in [6.07, 6.45) is -5.55. The summed E-state index contributed by atoms with van der Waals surface area (Å²) in [5.74, 6) is -4.79. The van der Waals surface area contributed by atoms with Crippen molar-refractivity contribution in [2.75, 3.05) is 0 Å². The highest BCUT2D eigenvalue weighted by Gasteiger charge is 2.59. The lowest BCUT2D eigenvalue weighted by molar-refractivity contribution is -0.287. The standard InChI is InChI=1S/C6H4F5NS/c1-3-2-4(13-12-3)5(7,8)6(9,10)11/h2H,1H3. The Hall–Kier alpha value is -0.720. The topological polar surface area (TPSA) is 12.9 Å². The van der Waals surface area contributed by atoms with Crippen molar-refractivity contribution in [3.63, 3.8) is 0 Å². The van der Waals surface area contributed by atoms with E-state index in [1.807, 2.05) is 0 Å². The average Bonchev–Trinajstić information content (AvgIpc) is 2.33. The van der Waals surface area contributed by atoms with Crippen LogP contribution in [0.25, 0.3) is 0 Å². The van der Waals surface area contributed by atoms with Crippen LogP contribution in [0.15, 0.2) is 6.07 Å². The van der Waals surface area contributed by atoms with E-state index in [0.29, 0.717) is 0 Å². The number of nitrogens with zero attached hydrogens (tertiary/aromatic N) is 1. The van der Waals surface area contributed by atoms with E-state index in [1.165, 1.54) is 6.92 Å². The van der Waals surface area contributed by atoms with Gasteiger partial charge in [-0.1, -0.05) is 0 Å². The maximum Gasteiger partial charge on any atom is 0.459 e. The first kappa shape index (κ1) is 10.4. The third-order valence-corrected chi connectivity index (χ3v) is 2.24. The van der Waals surface area contributed by atoms with Crippen molar-refractivity contribution in [2.45, 2.75) is 19.0 Å². The lowest BCUT2D eigenvalue weighted by atomic mass is 10.2. The van der Waals surface area contributed by atoms with Crippen molar-refractivity contribution in [1.29, 1.82) is 0 Å². The average molecular weight is 217 g/mol. The van der Waals surface area contributed by atoms with Crippen LogP contribution in [0, 0.1) is 6.92 Å². The molecule has 0 aliphatic heterocycles. The number of hydrogen-bond donors (Lipinski definition) is 0. The molecule has 0 radical (unpaired) electrons. The lowest BCUT2D eigenvalue weighted by Crippen LogP contribution is -2.32. The van der Waals surface area contributed by atoms with E-state index in [4.69, 9.17) is 0 Å². The molecule has 1 nitrogen and oxygen atoms in total. The Morgan fingerprint density at radius 2 is 1.77 bits per heavy atom. The zero-order valence-corrected chi connectivity index (χ0v) is 7.14. The fourth-order valence-electron chi connectivity index (χ4n) is 0.651. The van der Waals surface area contributed by atoms with Gasteiger partial charge in [-0.05, 0) is 24.5 Å². The first-order chi connectivity index (χ1) is 5.75. The van der Waals surface area contributed by atoms with E-state index in [9.17, 15) is 22.0 Å². The Morgan fingerprint density at radius 3 is 2.08 bits per heavy atom. The van der Waals surface area contributed by atoms with Gasteiger partial charge in [0.1, 0.15) is 4.88 Å². The minimum atomic E-state index is -5.55. The molecule has 13 heavy (non-hydrogen) atoms. The first-order valence-corrected chi connectivity index (χ1v) is 3.91. The highest BCUT2D eigenvalue weighted by molar-refractivity contribution is 7.06. The molecule has 0 atom stereocenters. The molecule has 1 heterocycles. The van der Waals surface area contributed by atoms with Crippen LogP contribution in [0.5, 0.6) is 0 Å². The SMILES string of the molecule is Cc1cc(C(F)(F)C(F)(F)F)sn1. The maximum absolute atomic E-state index is 12.5. The molecule has 0 fully saturated rings. The fourth-order valence-corrected chi connectivity index (χ4v) is 1.40. The van der Waals surface area contributed by atoms with Gasteiger partial charge in [0.05, 0.1) is 5.69 Å². The van der Waals surface area contributed by atoms with Crippen LogP contribution in [0.2, 0.25) is 0 Å². The molecule has 1 aromatic rings. The Bertz CT molecular complexity index is 302. The monoisotopic (exact) mass is 217 g/mol. The highest BCUT2D eigenvalue weighted by Crippen LogP contribution is 2.45. The molecule has 0 saturated carbocycles. The zero-order chi connectivity index (χ0) is 10.3. The molecular weight excluding hydrogens is 213 g/mol. The predicted molar refractivity (Wildman–Crippen MR) is 36.8 cm³/mol. The quantitative estimate of drug-likeness (QED) is 0.658. The molecule has 0 saturated heterocycles. The van der Waals surface area contributed by atoms with Gasteiger partial charge < -0.3 is 0 Å². The van der Waals surface area contributed by atoms with Crippen LogP contribution in [-0.2, 0) is 5.92 Å². The minimum Gasteiger partial charge on any atom is -0.198 e. The highest BCUT2D eigenvalue weighted by atomic mass is 32.1. The second-order valence-corrected chi connectivity index (χ2v) is 3.21. The minimum absolute atomic E-state index is 0.156. The van der Waals surface area contributed by atoms with Crippen molar-refractivity contribution >= 4 is 11.5 Å². The smallest absolute Gasteiger partial charge is 0.198 e. The van der Waals surface area contributed by atoms with Gasteiger partial charge in [-0.3, -0.25) is 0 Å². The molecule has 1 rings (SSSR count). The van der Waals surface area contributed by atoms with E-state index < -0.39 is 17.0 Å². The molecule has 0 aliphatic carbocycles. The number of halogens is 5. The Kier molecular flexibility index (Phi) is 2.31. The molecular formula is C6H4F5NS. The van der Waals surface area contributed by atoms with Gasteiger partial charge in [0.25, 0.3) is 0 Å². The van der Waals surface area contributed by atoms with Crippen molar-refractivity contribution < 1.29 is 22.0 Å². The summed E-state index contributed by atoms with van der Waals surface area (Å²) in [7, 11) is 0. The van der Waals surface area contributed by atoms with Crippen molar-refractivity contribution in [3.8, 4) is 0 Å². The predicted octanol–water partition coefficient (Wildman–Crippen LogP) is 3.11. The maximum atomic E-state index is 12.5. The zero-order valence-electron chi connectivity index (χ0n) is 6.32. The number of rotatable bonds is 1. The molecule has 74 valence electrons. The van der Waals surface area contributed by atoms with Crippen LogP contribution < -0.4 is 0 Å². The Labute approximate surface area is 74.4 Å². The molecule has 0 unspecified atom stereocenters. The Morgan fingerprint density at radius 1 is 1.23 bits per heavy atom. The van der Waals surface area contributed by atoms with Crippen molar-refractivity contribution in [2.24, 2.45) is 0 Å². The van der Waals surface area contributed by atoms with E-state index in [0.717, 1.165) is 6.07 Å². The molecule has 0 N–H and O–H groups in total. The molecule has 0 bridgehead atoms. The van der Waals surface area contributed by atoms with Gasteiger partial charge >= 0.3 is 12.1 Å². The third kappa shape index (κ3) is 1.79. The lowest BCUT2D eigenvalue weighted by Gasteiger charge is -2.16. The molecule has 7 heteroatoms. The number of alkyl halides is 5. The van der Waals surface area contributed by atoms with Gasteiger partial charge in [0.2, 0.25) is 0 Å². The van der Waals surface area contributed by atoms with Crippen LogP contribution in [-0.4, -0.2) is 10.5 Å². The Balaban J connectivity index is 3.07. The summed E-state index contributed by atoms with van der Waals surface area (Å²) >= 11 is 0.163. The summed E-state index contributed by atoms with van der Waals surface area (Å²) in [4.78, 5) is -1.07. The first-order valence-electron chi connectivity index (χ1n) is 3.13. The second kappa shape index (κ2) is 2.90. The molecule has 1 aromatic heterocycles. The molecule has 0 aromatic carbocycles. The van der Waals surface area contributed by atoms with Gasteiger partial charge in [-0.25, -0.2) is 0 Å². The summed E-state index contributed by atoms with van der Waals surface area (Å²) in [5.41, 5.74) is 0.156. The van der Waals surface area contributed by atoms with Gasteiger partial charge in [-0.15, -0.1) is 0 Å². The van der Waals surface area contributed by atoms with Crippen LogP contribution in [0.3, 0.4) is 0 Å². The number of aryl methyl sites for hydroxylation is 1. The van der Waals surface area contributed by atoms with Crippen LogP contribution in [0.4, 0.5) is 22.0 Å². The summed E-state index contributed by atoms with van der Waals surface area (Å²) in [6.45, 7) is 1.35. The number of aromatic nitrogens is 1. The fraction of sp³-hybridized carbons (Fsp3) is 0.500. The van der Waals surface area contributed by atoms with Gasteiger partial charge in [-0.2, -0.15) is 26.3 Å². The molecule has 0 spiro atoms. The molecule has 0 amide bonds. The summed E-state index contributed by atoms with van der Waals surface area (Å²) in [6, 6.07) is 0.734. The third-order valence-electron chi connectivity index (χ3n) is 1.29. The van der Waals surface area contributed by atoms with E-state index in [-0.39, 0.29) is 17.2 Å². The molecule has 0 aliphatic rings. The van der Waals surface area contributed by atoms with Gasteiger partial charge in [0, 0.05) is 0 Å². The van der Waals surface area contributed by atoms with Crippen LogP contribution in [0.1, 0.15) is 10.6 Å². The van der Waals surface area contributed by atoms with Crippen molar-refractivity contribution in [3.05, 3.63) is 16.6 Å². The number of hydrogen-bond acceptors (Lipinski definition) is 2. The summed E-state index contributed by atoms with van der Waals surface area (Å²) in [5, 5.41) is 0. The van der Waals surface area contributed by atoms with E-state index in [1.54, 1.807) is 0 Å². The van der Waals surface area contributed by atoms with E-state index >= 15 is 0 Å². The van der Waals surface area contributed by atoms with Gasteiger partial charge in [0.15, 0.2) is 0 Å². The normalized spacial score (nSPS) is 13.4.